The average Bonchev–Trinajstić information content (AvgIpc) is 3.44. The third-order valence-electron chi connectivity index (χ3n) is 6.44. The highest BCUT2D eigenvalue weighted by molar-refractivity contribution is 5.85. The van der Waals surface area contributed by atoms with Crippen LogP contribution in [0.1, 0.15) is 28.7 Å². The number of esters is 1. The van der Waals surface area contributed by atoms with Crippen molar-refractivity contribution in [2.45, 2.75) is 12.0 Å². The topological polar surface area (TPSA) is 145 Å². The van der Waals surface area contributed by atoms with Crippen LogP contribution in [0.4, 0.5) is 4.79 Å². The largest absolute Gasteiger partial charge is 0.502 e. The lowest BCUT2D eigenvalue weighted by atomic mass is 9.65. The van der Waals surface area contributed by atoms with Crippen LogP contribution in [0, 0.1) is 11.8 Å². The molecule has 0 spiro atoms. The number of phenols is 1. The van der Waals surface area contributed by atoms with Gasteiger partial charge in [0.05, 0.1) is 32.8 Å². The van der Waals surface area contributed by atoms with E-state index in [2.05, 4.69) is 5.32 Å². The Bertz CT molecular complexity index is 1120. The summed E-state index contributed by atoms with van der Waals surface area (Å²) in [4.78, 5) is 25.0. The number of hydrogen-bond acceptors (Lipinski definition) is 9. The predicted octanol–water partition coefficient (Wildman–Crippen LogP) is 2.65. The van der Waals surface area contributed by atoms with Gasteiger partial charge in [0.25, 0.3) is 0 Å². The quantitative estimate of drug-likeness (QED) is 0.266. The van der Waals surface area contributed by atoms with E-state index in [1.807, 2.05) is 0 Å². The van der Waals surface area contributed by atoms with E-state index in [9.17, 15) is 14.7 Å². The fourth-order valence-electron chi connectivity index (χ4n) is 5.01. The van der Waals surface area contributed by atoms with Gasteiger partial charge in [-0.2, -0.15) is 0 Å². The third-order valence-corrected chi connectivity index (χ3v) is 6.44. The molecule has 0 bridgehead atoms. The minimum Gasteiger partial charge on any atom is -0.502 e. The summed E-state index contributed by atoms with van der Waals surface area (Å²) in [6.07, 6.45) is 0. The summed E-state index contributed by atoms with van der Waals surface area (Å²) in [6, 6.07) is 5.38. The lowest BCUT2D eigenvalue weighted by Gasteiger charge is -2.39. The maximum atomic E-state index is 12.9. The maximum Gasteiger partial charge on any atom is 0.339 e. The predicted molar refractivity (Wildman–Crippen MR) is 124 cm³/mol. The molecule has 190 valence electrons. The molecular formula is C22H24Cl2N2O9. The van der Waals surface area contributed by atoms with Gasteiger partial charge in [0.1, 0.15) is 0 Å². The van der Waals surface area contributed by atoms with Crippen molar-refractivity contribution in [3.63, 3.8) is 0 Å². The second-order valence-electron chi connectivity index (χ2n) is 7.97. The molecule has 11 nitrogen and oxygen atoms in total. The van der Waals surface area contributed by atoms with Gasteiger partial charge in [-0.1, -0.05) is 0 Å². The Labute approximate surface area is 212 Å². The fourth-order valence-corrected chi connectivity index (χ4v) is 5.01. The highest BCUT2D eigenvalue weighted by Gasteiger charge is 2.53. The van der Waals surface area contributed by atoms with Gasteiger partial charge in [-0.15, -0.1) is 24.8 Å². The van der Waals surface area contributed by atoms with Gasteiger partial charge < -0.3 is 34.1 Å². The van der Waals surface area contributed by atoms with Crippen LogP contribution in [0.15, 0.2) is 24.3 Å². The number of aromatic hydroxyl groups is 1. The number of ether oxygens (including phenoxy) is 5. The van der Waals surface area contributed by atoms with Crippen molar-refractivity contribution in [1.82, 2.24) is 10.8 Å². The standard InChI is InChI=1S/C22H22N2O9.2ClH/c1-29-15-3-9(4-16(30-2)20(15)25)17-10-5-13-14(33-8-32-13)6-11(10)19(23-22(27)24-28)12-7-31-21(26)18(12)17;;/h3-6,12,17-19,25,28H,7-8H2,1-2H3,(H2,23,24,27);2*1H/t12-,17+,18-,19+;;/m0../s1. The Morgan fingerprint density at radius 2 is 1.60 bits per heavy atom. The van der Waals surface area contributed by atoms with Gasteiger partial charge in [0.2, 0.25) is 12.5 Å². The number of methoxy groups -OCH3 is 2. The first-order valence-electron chi connectivity index (χ1n) is 10.2. The molecule has 0 saturated carbocycles. The van der Waals surface area contributed by atoms with Crippen LogP contribution in [0.5, 0.6) is 28.7 Å². The molecule has 2 aromatic carbocycles. The number of nitrogens with one attached hydrogen (secondary N) is 2. The SMILES string of the molecule is COc1cc([C@@H]2c3cc4c(cc3[C@@H](NC(=O)NO)[C@H]3COC(=O)[C@H]23)OCO4)cc(OC)c1O.Cl.Cl. The molecule has 0 unspecified atom stereocenters. The molecule has 1 aliphatic carbocycles. The van der Waals surface area contributed by atoms with Gasteiger partial charge in [-0.25, -0.2) is 10.3 Å². The zero-order chi connectivity index (χ0) is 23.3. The summed E-state index contributed by atoms with van der Waals surface area (Å²) >= 11 is 0. The summed E-state index contributed by atoms with van der Waals surface area (Å²) in [7, 11) is 2.84. The molecule has 4 atom stereocenters. The van der Waals surface area contributed by atoms with E-state index in [0.717, 1.165) is 0 Å². The smallest absolute Gasteiger partial charge is 0.339 e. The lowest BCUT2D eigenvalue weighted by Crippen LogP contribution is -2.45. The molecule has 2 amide bonds. The van der Waals surface area contributed by atoms with Crippen LogP contribution in [-0.2, 0) is 9.53 Å². The number of hydrogen-bond donors (Lipinski definition) is 4. The van der Waals surface area contributed by atoms with Crippen LogP contribution < -0.4 is 29.7 Å². The molecule has 0 radical (unpaired) electrons. The van der Waals surface area contributed by atoms with Crippen LogP contribution in [0.2, 0.25) is 0 Å². The van der Waals surface area contributed by atoms with Crippen molar-refractivity contribution >= 4 is 36.8 Å². The molecule has 0 aromatic heterocycles. The van der Waals surface area contributed by atoms with E-state index in [-0.39, 0.29) is 55.5 Å². The Kier molecular flexibility index (Phi) is 7.63. The van der Waals surface area contributed by atoms with E-state index in [4.69, 9.17) is 28.9 Å². The summed E-state index contributed by atoms with van der Waals surface area (Å²) in [5, 5.41) is 22.2. The second kappa shape index (κ2) is 10.1. The number of amides is 2. The zero-order valence-corrected chi connectivity index (χ0v) is 20.2. The third kappa shape index (κ3) is 4.19. The summed E-state index contributed by atoms with van der Waals surface area (Å²) < 4.78 is 27.2. The highest BCUT2D eigenvalue weighted by atomic mass is 35.5. The zero-order valence-electron chi connectivity index (χ0n) is 18.6. The molecule has 13 heteroatoms. The number of urea groups is 1. The van der Waals surface area contributed by atoms with Crippen molar-refractivity contribution in [1.29, 1.82) is 0 Å². The number of carbonyl (C=O) groups excluding carboxylic acids is 2. The number of benzene rings is 2. The van der Waals surface area contributed by atoms with Crippen molar-refractivity contribution in [3.8, 4) is 28.7 Å². The molecule has 1 fully saturated rings. The number of phenolic OH excluding ortho intramolecular Hbond substituents is 1. The van der Waals surface area contributed by atoms with Crippen LogP contribution in [0.3, 0.4) is 0 Å². The van der Waals surface area contributed by atoms with Gasteiger partial charge in [-0.05, 0) is 41.0 Å². The van der Waals surface area contributed by atoms with Gasteiger partial charge >= 0.3 is 12.0 Å². The first kappa shape index (κ1) is 26.3. The van der Waals surface area contributed by atoms with E-state index >= 15 is 0 Å². The molecular weight excluding hydrogens is 507 g/mol. The first-order valence-corrected chi connectivity index (χ1v) is 10.2. The van der Waals surface area contributed by atoms with Crippen LogP contribution >= 0.6 is 24.8 Å². The number of halogens is 2. The van der Waals surface area contributed by atoms with E-state index in [0.29, 0.717) is 28.2 Å². The number of rotatable bonds is 4. The monoisotopic (exact) mass is 530 g/mol. The Morgan fingerprint density at radius 1 is 1.00 bits per heavy atom. The molecule has 3 aliphatic rings. The Morgan fingerprint density at radius 3 is 2.17 bits per heavy atom. The molecule has 35 heavy (non-hydrogen) atoms. The number of cyclic esters (lactones) is 1. The minimum atomic E-state index is -0.812. The van der Waals surface area contributed by atoms with E-state index < -0.39 is 35.8 Å². The van der Waals surface area contributed by atoms with E-state index in [1.54, 1.807) is 29.7 Å². The minimum absolute atomic E-state index is 0. The molecule has 4 N–H and O–H groups in total. The van der Waals surface area contributed by atoms with Gasteiger partial charge in [-0.3, -0.25) is 10.0 Å². The fraction of sp³-hybridized carbons (Fsp3) is 0.364. The van der Waals surface area contributed by atoms with E-state index in [1.165, 1.54) is 14.2 Å². The Balaban J connectivity index is 0.00000171. The molecule has 1 saturated heterocycles. The molecule has 2 aliphatic heterocycles. The van der Waals surface area contributed by atoms with Gasteiger partial charge in [0, 0.05) is 11.8 Å². The number of fused-ring (bicyclic) bond motifs is 3. The highest BCUT2D eigenvalue weighted by Crippen LogP contribution is 2.55. The Hall–Kier alpha value is -3.28. The van der Waals surface area contributed by atoms with Crippen LogP contribution in [0.25, 0.3) is 0 Å². The second-order valence-corrected chi connectivity index (χ2v) is 7.97. The molecule has 5 rings (SSSR count). The summed E-state index contributed by atoms with van der Waals surface area (Å²) in [5.74, 6) is -0.804. The van der Waals surface area contributed by atoms with Crippen molar-refractivity contribution in [2.75, 3.05) is 27.6 Å². The molecule has 2 heterocycles. The summed E-state index contributed by atoms with van der Waals surface area (Å²) in [5.41, 5.74) is 3.63. The summed E-state index contributed by atoms with van der Waals surface area (Å²) in [6.45, 7) is 0.129. The van der Waals surface area contributed by atoms with Crippen molar-refractivity contribution in [3.05, 3.63) is 41.0 Å². The maximum absolute atomic E-state index is 12.9. The van der Waals surface area contributed by atoms with Crippen molar-refractivity contribution < 1.29 is 43.6 Å². The number of carbonyl (C=O) groups is 2. The van der Waals surface area contributed by atoms with Crippen LogP contribution in [-0.4, -0.2) is 49.9 Å². The van der Waals surface area contributed by atoms with Gasteiger partial charge in [0.15, 0.2) is 23.0 Å². The number of hydroxylamine groups is 1. The average molecular weight is 531 g/mol. The first-order chi connectivity index (χ1) is 16.0. The van der Waals surface area contributed by atoms with Crippen molar-refractivity contribution in [2.24, 2.45) is 11.8 Å². The molecule has 2 aromatic rings. The lowest BCUT2D eigenvalue weighted by molar-refractivity contribution is -0.141. The normalized spacial score (nSPS) is 23.0.